The third-order valence-corrected chi connectivity index (χ3v) is 7.01. The van der Waals surface area contributed by atoms with Crippen molar-refractivity contribution < 1.29 is 38.1 Å². The fraction of sp³-hybridized carbons (Fsp3) is 0.485. The molecule has 2 heterocycles. The summed E-state index contributed by atoms with van der Waals surface area (Å²) < 4.78 is 22.7. The number of rotatable bonds is 6. The maximum absolute atomic E-state index is 14.1. The number of benzene rings is 2. The number of carbonyl (C=O) groups is 4. The molecule has 1 atom stereocenters. The number of esters is 3. The molecule has 12 nitrogen and oxygen atoms in total. The summed E-state index contributed by atoms with van der Waals surface area (Å²) in [6.07, 6.45) is 2.32. The van der Waals surface area contributed by atoms with E-state index < -0.39 is 47.5 Å². The van der Waals surface area contributed by atoms with Crippen molar-refractivity contribution in [3.63, 3.8) is 0 Å². The Morgan fingerprint density at radius 2 is 1.62 bits per heavy atom. The van der Waals surface area contributed by atoms with Crippen LogP contribution < -0.4 is 25.8 Å². The molecule has 2 aliphatic heterocycles. The molecule has 0 aromatic heterocycles. The third kappa shape index (κ3) is 8.74. The minimum Gasteiger partial charge on any atom is -0.493 e. The van der Waals surface area contributed by atoms with Gasteiger partial charge < -0.3 is 35.3 Å². The van der Waals surface area contributed by atoms with E-state index in [1.54, 1.807) is 65.8 Å². The van der Waals surface area contributed by atoms with Crippen LogP contribution in [0.25, 0.3) is 0 Å². The first-order valence-electron chi connectivity index (χ1n) is 15.0. The smallest absolute Gasteiger partial charge is 0.343 e. The van der Waals surface area contributed by atoms with Gasteiger partial charge in [-0.15, -0.1) is 0 Å². The molecule has 0 fully saturated rings. The van der Waals surface area contributed by atoms with Gasteiger partial charge in [0, 0.05) is 29.3 Å². The monoisotopic (exact) mass is 622 g/mol. The molecule has 45 heavy (non-hydrogen) atoms. The zero-order chi connectivity index (χ0) is 33.1. The minimum absolute atomic E-state index is 0.186. The molecule has 4 rings (SSSR count). The number of anilines is 1. The number of nitrogens with two attached hydrogens (primary N) is 1. The minimum atomic E-state index is -1.33. The van der Waals surface area contributed by atoms with E-state index in [0.717, 1.165) is 5.56 Å². The van der Waals surface area contributed by atoms with Gasteiger partial charge >= 0.3 is 17.9 Å². The van der Waals surface area contributed by atoms with Crippen LogP contribution in [0.4, 0.5) is 5.69 Å². The van der Waals surface area contributed by atoms with Crippen molar-refractivity contribution in [1.29, 1.82) is 5.41 Å². The van der Waals surface area contributed by atoms with Gasteiger partial charge in [0.05, 0.1) is 24.2 Å². The van der Waals surface area contributed by atoms with Crippen molar-refractivity contribution in [2.45, 2.75) is 97.3 Å². The van der Waals surface area contributed by atoms with Gasteiger partial charge in [0.1, 0.15) is 28.7 Å². The standard InChI is InChI=1S/C33H42N4O8/c1-32(2,3)44-26(38)16-23(30(41)45-33(4,5)6)37-28(39)27-21-10-8-7-9-18-15-19(36-31(34)35)11-12-20(18)29(40)43-25(21)17-24-22(27)13-14-42-24/h11-12,15,17,23H,7-10,13-14,16H2,1-6H3,(H,37,39)(H4,34,35,36). The molecule has 0 bridgehead atoms. The van der Waals surface area contributed by atoms with Gasteiger partial charge in [0.25, 0.3) is 5.91 Å². The number of hydrogen-bond acceptors (Lipinski definition) is 9. The highest BCUT2D eigenvalue weighted by molar-refractivity contribution is 6.02. The van der Waals surface area contributed by atoms with Crippen LogP contribution >= 0.6 is 0 Å². The second kappa shape index (κ2) is 13.2. The average molecular weight is 623 g/mol. The SMILES string of the molecule is CC(C)(C)OC(=O)CC(NC(=O)c1c2c(cc3c1CCCCc1cc(NC(=N)N)ccc1C(=O)O3)OCC2)C(=O)OC(C)(C)C. The summed E-state index contributed by atoms with van der Waals surface area (Å²) in [5.41, 5.74) is 6.91. The van der Waals surface area contributed by atoms with Gasteiger partial charge in [-0.1, -0.05) is 0 Å². The molecule has 2 aromatic rings. The summed E-state index contributed by atoms with van der Waals surface area (Å²) in [5.74, 6) is -2.28. The van der Waals surface area contributed by atoms with Crippen LogP contribution in [-0.2, 0) is 38.3 Å². The van der Waals surface area contributed by atoms with Crippen LogP contribution in [-0.4, -0.2) is 53.6 Å². The summed E-state index contributed by atoms with van der Waals surface area (Å²) in [6.45, 7) is 10.5. The topological polar surface area (TPSA) is 179 Å². The van der Waals surface area contributed by atoms with E-state index in [1.165, 1.54) is 0 Å². The Hall–Kier alpha value is -4.61. The predicted molar refractivity (Wildman–Crippen MR) is 167 cm³/mol. The molecule has 12 heteroatoms. The van der Waals surface area contributed by atoms with Crippen molar-refractivity contribution in [3.05, 3.63) is 52.1 Å². The number of carbonyl (C=O) groups excluding carboxylic acids is 4. The zero-order valence-electron chi connectivity index (χ0n) is 26.7. The van der Waals surface area contributed by atoms with E-state index in [9.17, 15) is 19.2 Å². The quantitative estimate of drug-likeness (QED) is 0.158. The lowest BCUT2D eigenvalue weighted by Crippen LogP contribution is -2.46. The first kappa shape index (κ1) is 33.3. The van der Waals surface area contributed by atoms with Gasteiger partial charge in [-0.25, -0.2) is 9.59 Å². The second-order valence-corrected chi connectivity index (χ2v) is 13.2. The molecule has 242 valence electrons. The number of amides is 1. The van der Waals surface area contributed by atoms with Crippen LogP contribution in [0.5, 0.6) is 11.5 Å². The number of aryl methyl sites for hydroxylation is 1. The van der Waals surface area contributed by atoms with E-state index in [0.29, 0.717) is 66.8 Å². The van der Waals surface area contributed by atoms with Crippen LogP contribution in [0.15, 0.2) is 24.3 Å². The first-order chi connectivity index (χ1) is 21.0. The number of guanidine groups is 1. The van der Waals surface area contributed by atoms with E-state index >= 15 is 0 Å². The largest absolute Gasteiger partial charge is 0.493 e. The fourth-order valence-corrected chi connectivity index (χ4v) is 5.33. The van der Waals surface area contributed by atoms with Crippen LogP contribution in [0, 0.1) is 5.41 Å². The van der Waals surface area contributed by atoms with E-state index in [4.69, 9.17) is 30.1 Å². The normalized spacial score (nSPS) is 15.2. The second-order valence-electron chi connectivity index (χ2n) is 13.2. The molecule has 2 aromatic carbocycles. The number of hydrogen-bond donors (Lipinski definition) is 4. The van der Waals surface area contributed by atoms with Gasteiger partial charge in [0.2, 0.25) is 0 Å². The highest BCUT2D eigenvalue weighted by atomic mass is 16.6. The number of ether oxygens (including phenoxy) is 4. The molecule has 0 aliphatic carbocycles. The van der Waals surface area contributed by atoms with Gasteiger partial charge in [-0.3, -0.25) is 15.0 Å². The van der Waals surface area contributed by atoms with E-state index in [-0.39, 0.29) is 17.3 Å². The molecule has 0 radical (unpaired) electrons. The van der Waals surface area contributed by atoms with Crippen molar-refractivity contribution >= 4 is 35.5 Å². The molecule has 1 amide bonds. The van der Waals surface area contributed by atoms with Crippen molar-refractivity contribution in [2.24, 2.45) is 5.73 Å². The number of nitrogens with one attached hydrogen (secondary N) is 3. The Balaban J connectivity index is 1.70. The molecule has 0 spiro atoms. The highest BCUT2D eigenvalue weighted by Gasteiger charge is 2.35. The van der Waals surface area contributed by atoms with Crippen molar-refractivity contribution in [1.82, 2.24) is 5.32 Å². The summed E-state index contributed by atoms with van der Waals surface area (Å²) in [5, 5.41) is 13.0. The summed E-state index contributed by atoms with van der Waals surface area (Å²) in [6, 6.07) is 5.33. The molecule has 1 unspecified atom stereocenters. The Morgan fingerprint density at radius 1 is 0.956 bits per heavy atom. The van der Waals surface area contributed by atoms with Crippen LogP contribution in [0.3, 0.4) is 0 Å². The fourth-order valence-electron chi connectivity index (χ4n) is 5.33. The first-order valence-corrected chi connectivity index (χ1v) is 15.0. The molecular weight excluding hydrogens is 580 g/mol. The number of fused-ring (bicyclic) bond motifs is 3. The van der Waals surface area contributed by atoms with Gasteiger partial charge in [0.15, 0.2) is 5.96 Å². The van der Waals surface area contributed by atoms with Gasteiger partial charge in [-0.2, -0.15) is 0 Å². The Labute approximate surface area is 262 Å². The molecule has 0 saturated carbocycles. The molecular formula is C33H42N4O8. The Kier molecular flexibility index (Phi) is 9.74. The maximum Gasteiger partial charge on any atom is 0.343 e. The van der Waals surface area contributed by atoms with Crippen LogP contribution in [0.2, 0.25) is 0 Å². The van der Waals surface area contributed by atoms with Crippen molar-refractivity contribution in [2.75, 3.05) is 11.9 Å². The van der Waals surface area contributed by atoms with E-state index in [2.05, 4.69) is 10.6 Å². The molecule has 2 aliphatic rings. The third-order valence-electron chi connectivity index (χ3n) is 7.01. The van der Waals surface area contributed by atoms with Crippen molar-refractivity contribution in [3.8, 4) is 11.5 Å². The summed E-state index contributed by atoms with van der Waals surface area (Å²) in [7, 11) is 0. The van der Waals surface area contributed by atoms with Gasteiger partial charge in [-0.05, 0) is 91.0 Å². The lowest BCUT2D eigenvalue weighted by Gasteiger charge is -2.26. The zero-order valence-corrected chi connectivity index (χ0v) is 26.7. The Morgan fingerprint density at radius 3 is 2.29 bits per heavy atom. The van der Waals surface area contributed by atoms with E-state index in [1.807, 2.05) is 0 Å². The summed E-state index contributed by atoms with van der Waals surface area (Å²) >= 11 is 0. The molecule has 5 N–H and O–H groups in total. The highest BCUT2D eigenvalue weighted by Crippen LogP contribution is 2.39. The Bertz CT molecular complexity index is 1520. The lowest BCUT2D eigenvalue weighted by molar-refractivity contribution is -0.164. The van der Waals surface area contributed by atoms with Crippen LogP contribution in [0.1, 0.15) is 98.2 Å². The average Bonchev–Trinajstić information content (AvgIpc) is 3.36. The molecule has 0 saturated heterocycles. The summed E-state index contributed by atoms with van der Waals surface area (Å²) in [4.78, 5) is 53.5. The predicted octanol–water partition coefficient (Wildman–Crippen LogP) is 4.20. The maximum atomic E-state index is 14.1. The lowest BCUT2D eigenvalue weighted by atomic mass is 9.91.